The molecule has 1 aromatic carbocycles. The number of hydrogen-bond donors (Lipinski definition) is 1. The van der Waals surface area contributed by atoms with Crippen molar-refractivity contribution in [2.75, 3.05) is 19.6 Å². The van der Waals surface area contributed by atoms with E-state index in [2.05, 4.69) is 30.7 Å². The molecule has 1 amide bonds. The van der Waals surface area contributed by atoms with Gasteiger partial charge in [-0.05, 0) is 11.0 Å². The van der Waals surface area contributed by atoms with Crippen LogP contribution in [0.4, 0.5) is 4.79 Å². The summed E-state index contributed by atoms with van der Waals surface area (Å²) in [6.07, 6.45) is 0.723. The standard InChI is InChI=1S/C21H28N4O3/c1-21(2,3)18-14-23(9-10-25(18)20(27)28)13-17-11-19(26)24(15-22-17)12-16-7-5-4-6-8-16/h4-8,11,15,18H,9-10,12-14H2,1-3H3,(H,27,28). The van der Waals surface area contributed by atoms with Crippen molar-refractivity contribution >= 4 is 6.09 Å². The van der Waals surface area contributed by atoms with E-state index < -0.39 is 6.09 Å². The van der Waals surface area contributed by atoms with Crippen molar-refractivity contribution in [1.29, 1.82) is 0 Å². The van der Waals surface area contributed by atoms with E-state index in [0.717, 1.165) is 5.56 Å². The highest BCUT2D eigenvalue weighted by atomic mass is 16.4. The molecule has 3 rings (SSSR count). The minimum absolute atomic E-state index is 0.0783. The number of benzene rings is 1. The molecule has 0 bridgehead atoms. The molecule has 0 spiro atoms. The second kappa shape index (κ2) is 8.14. The molecule has 7 heteroatoms. The van der Waals surface area contributed by atoms with Gasteiger partial charge in [-0.1, -0.05) is 51.1 Å². The summed E-state index contributed by atoms with van der Waals surface area (Å²) < 4.78 is 1.60. The van der Waals surface area contributed by atoms with Gasteiger partial charge in [-0.2, -0.15) is 0 Å². The van der Waals surface area contributed by atoms with Gasteiger partial charge in [-0.25, -0.2) is 9.78 Å². The summed E-state index contributed by atoms with van der Waals surface area (Å²) in [5.41, 5.74) is 1.52. The first-order valence-electron chi connectivity index (χ1n) is 9.55. The molecule has 150 valence electrons. The molecular weight excluding hydrogens is 356 g/mol. The summed E-state index contributed by atoms with van der Waals surface area (Å²) in [5.74, 6) is 0. The van der Waals surface area contributed by atoms with Crippen LogP contribution in [0.25, 0.3) is 0 Å². The summed E-state index contributed by atoms with van der Waals surface area (Å²) in [6.45, 7) is 8.93. The van der Waals surface area contributed by atoms with Crippen molar-refractivity contribution in [3.8, 4) is 0 Å². The highest BCUT2D eigenvalue weighted by Crippen LogP contribution is 2.28. The zero-order valence-electron chi connectivity index (χ0n) is 16.7. The van der Waals surface area contributed by atoms with Crippen LogP contribution in [0.1, 0.15) is 32.0 Å². The predicted molar refractivity (Wildman–Crippen MR) is 107 cm³/mol. The van der Waals surface area contributed by atoms with E-state index in [0.29, 0.717) is 38.4 Å². The number of amides is 1. The van der Waals surface area contributed by atoms with Gasteiger partial charge < -0.3 is 10.0 Å². The lowest BCUT2D eigenvalue weighted by Crippen LogP contribution is -2.59. The molecule has 0 radical (unpaired) electrons. The minimum atomic E-state index is -0.874. The van der Waals surface area contributed by atoms with Crippen molar-refractivity contribution in [2.45, 2.75) is 39.9 Å². The molecule has 7 nitrogen and oxygen atoms in total. The van der Waals surface area contributed by atoms with Crippen molar-refractivity contribution < 1.29 is 9.90 Å². The van der Waals surface area contributed by atoms with Crippen molar-refractivity contribution in [1.82, 2.24) is 19.4 Å². The van der Waals surface area contributed by atoms with E-state index in [4.69, 9.17) is 0 Å². The van der Waals surface area contributed by atoms with Crippen molar-refractivity contribution in [2.24, 2.45) is 5.41 Å². The molecule has 1 N–H and O–H groups in total. The molecule has 28 heavy (non-hydrogen) atoms. The SMILES string of the molecule is CC(C)(C)C1CN(Cc2cc(=O)n(Cc3ccccc3)cn2)CCN1C(=O)O. The van der Waals surface area contributed by atoms with Gasteiger partial charge in [0.2, 0.25) is 0 Å². The Morgan fingerprint density at radius 3 is 2.50 bits per heavy atom. The van der Waals surface area contributed by atoms with Gasteiger partial charge in [-0.3, -0.25) is 14.3 Å². The second-order valence-corrected chi connectivity index (χ2v) is 8.42. The second-order valence-electron chi connectivity index (χ2n) is 8.42. The van der Waals surface area contributed by atoms with Crippen LogP contribution in [0.2, 0.25) is 0 Å². The van der Waals surface area contributed by atoms with E-state index in [1.165, 1.54) is 4.90 Å². The molecule has 0 saturated carbocycles. The summed E-state index contributed by atoms with van der Waals surface area (Å²) in [4.78, 5) is 32.2. The van der Waals surface area contributed by atoms with Gasteiger partial charge in [0.15, 0.2) is 0 Å². The van der Waals surface area contributed by atoms with Gasteiger partial charge in [0.05, 0.1) is 24.6 Å². The molecule has 1 aromatic heterocycles. The van der Waals surface area contributed by atoms with Gasteiger partial charge in [0, 0.05) is 32.2 Å². The maximum absolute atomic E-state index is 12.5. The molecule has 2 aromatic rings. The third kappa shape index (κ3) is 4.78. The third-order valence-corrected chi connectivity index (χ3v) is 5.23. The van der Waals surface area contributed by atoms with Crippen LogP contribution in [-0.2, 0) is 13.1 Å². The highest BCUT2D eigenvalue weighted by Gasteiger charge is 2.37. The van der Waals surface area contributed by atoms with Crippen LogP contribution in [0.15, 0.2) is 47.5 Å². The molecular formula is C21H28N4O3. The zero-order valence-corrected chi connectivity index (χ0v) is 16.7. The number of rotatable bonds is 4. The first-order valence-corrected chi connectivity index (χ1v) is 9.55. The average molecular weight is 384 g/mol. The van der Waals surface area contributed by atoms with E-state index in [9.17, 15) is 14.7 Å². The Balaban J connectivity index is 1.69. The Hall–Kier alpha value is -2.67. The Kier molecular flexibility index (Phi) is 5.84. The van der Waals surface area contributed by atoms with Crippen LogP contribution in [0.5, 0.6) is 0 Å². The first kappa shape index (κ1) is 20.1. The monoisotopic (exact) mass is 384 g/mol. The molecule has 0 aliphatic carbocycles. The van der Waals surface area contributed by atoms with E-state index in [-0.39, 0.29) is 17.0 Å². The Morgan fingerprint density at radius 2 is 1.89 bits per heavy atom. The van der Waals surface area contributed by atoms with Gasteiger partial charge in [0.1, 0.15) is 0 Å². The fraction of sp³-hybridized carbons (Fsp3) is 0.476. The maximum atomic E-state index is 12.5. The largest absolute Gasteiger partial charge is 0.465 e. The molecule has 1 aliphatic rings. The first-order chi connectivity index (χ1) is 13.2. The summed E-state index contributed by atoms with van der Waals surface area (Å²) >= 11 is 0. The number of nitrogens with zero attached hydrogens (tertiary/aromatic N) is 4. The number of carbonyl (C=O) groups is 1. The van der Waals surface area contributed by atoms with Gasteiger partial charge >= 0.3 is 6.09 Å². The lowest BCUT2D eigenvalue weighted by Gasteiger charge is -2.45. The Labute approximate surface area is 165 Å². The predicted octanol–water partition coefficient (Wildman–Crippen LogP) is 2.50. The molecule has 1 fully saturated rings. The molecule has 1 atom stereocenters. The normalized spacial score (nSPS) is 18.2. The van der Waals surface area contributed by atoms with E-state index in [1.807, 2.05) is 30.3 Å². The molecule has 1 unspecified atom stereocenters. The molecule has 1 saturated heterocycles. The number of piperazine rings is 1. The topological polar surface area (TPSA) is 78.7 Å². The lowest BCUT2D eigenvalue weighted by atomic mass is 9.84. The number of aromatic nitrogens is 2. The molecule has 1 aliphatic heterocycles. The highest BCUT2D eigenvalue weighted by molar-refractivity contribution is 5.65. The fourth-order valence-corrected chi connectivity index (χ4v) is 3.63. The summed E-state index contributed by atoms with van der Waals surface area (Å²) in [6, 6.07) is 11.3. The van der Waals surface area contributed by atoms with E-state index in [1.54, 1.807) is 17.0 Å². The van der Waals surface area contributed by atoms with Crippen molar-refractivity contribution in [3.63, 3.8) is 0 Å². The fourth-order valence-electron chi connectivity index (χ4n) is 3.63. The smallest absolute Gasteiger partial charge is 0.407 e. The maximum Gasteiger partial charge on any atom is 0.407 e. The van der Waals surface area contributed by atoms with Crippen LogP contribution >= 0.6 is 0 Å². The molecule has 2 heterocycles. The lowest BCUT2D eigenvalue weighted by molar-refractivity contribution is 0.0186. The summed E-state index contributed by atoms with van der Waals surface area (Å²) in [7, 11) is 0. The van der Waals surface area contributed by atoms with Gasteiger partial charge in [-0.15, -0.1) is 0 Å². The Bertz CT molecular complexity index is 873. The van der Waals surface area contributed by atoms with Gasteiger partial charge in [0.25, 0.3) is 5.56 Å². The summed E-state index contributed by atoms with van der Waals surface area (Å²) in [5, 5.41) is 9.49. The van der Waals surface area contributed by atoms with Crippen LogP contribution < -0.4 is 5.56 Å². The van der Waals surface area contributed by atoms with Crippen LogP contribution in [0, 0.1) is 5.41 Å². The quantitative estimate of drug-likeness (QED) is 0.876. The number of hydrogen-bond acceptors (Lipinski definition) is 4. The van der Waals surface area contributed by atoms with Crippen molar-refractivity contribution in [3.05, 3.63) is 64.3 Å². The third-order valence-electron chi connectivity index (χ3n) is 5.23. The average Bonchev–Trinajstić information content (AvgIpc) is 2.64. The number of carboxylic acid groups (broad SMARTS) is 1. The zero-order chi connectivity index (χ0) is 20.3. The Morgan fingerprint density at radius 1 is 1.18 bits per heavy atom. The van der Waals surface area contributed by atoms with E-state index >= 15 is 0 Å². The minimum Gasteiger partial charge on any atom is -0.465 e. The van der Waals surface area contributed by atoms with Crippen LogP contribution in [0.3, 0.4) is 0 Å². The van der Waals surface area contributed by atoms with Crippen LogP contribution in [-0.4, -0.2) is 56.2 Å².